The Hall–Kier alpha value is -0.750. The number of aliphatic hydroxyl groups excluding tert-OH is 1. The zero-order valence-electron chi connectivity index (χ0n) is 10.1. The van der Waals surface area contributed by atoms with E-state index in [1.54, 1.807) is 13.8 Å². The molecule has 1 aliphatic heterocycles. The second-order valence-electron chi connectivity index (χ2n) is 3.77. The molecule has 1 atom stereocenters. The lowest BCUT2D eigenvalue weighted by Gasteiger charge is -2.33. The zero-order valence-corrected chi connectivity index (χ0v) is 10.9. The van der Waals surface area contributed by atoms with Gasteiger partial charge in [-0.3, -0.25) is 0 Å². The quantitative estimate of drug-likeness (QED) is 0.595. The van der Waals surface area contributed by atoms with Gasteiger partial charge in [0, 0.05) is 5.75 Å². The molecule has 1 aliphatic rings. The Bertz CT molecular complexity index is 264. The largest absolute Gasteiger partial charge is 0.465 e. The molecule has 1 rings (SSSR count). The average Bonchev–Trinajstić information content (AvgIpc) is 2.31. The van der Waals surface area contributed by atoms with E-state index in [-0.39, 0.29) is 19.6 Å². The van der Waals surface area contributed by atoms with Gasteiger partial charge in [0.1, 0.15) is 0 Å². The van der Waals surface area contributed by atoms with Gasteiger partial charge in [-0.25, -0.2) is 9.59 Å². The molecule has 0 bridgehead atoms. The highest BCUT2D eigenvalue weighted by Gasteiger charge is 2.51. The summed E-state index contributed by atoms with van der Waals surface area (Å²) in [4.78, 5) is 23.8. The van der Waals surface area contributed by atoms with Crippen LogP contribution in [0.15, 0.2) is 0 Å². The molecular formula is C11H18O5S. The van der Waals surface area contributed by atoms with Gasteiger partial charge in [0.15, 0.2) is 0 Å². The maximum Gasteiger partial charge on any atom is 0.333 e. The Labute approximate surface area is 105 Å². The minimum atomic E-state index is -1.29. The van der Waals surface area contributed by atoms with Crippen LogP contribution >= 0.6 is 11.8 Å². The molecule has 0 amide bonds. The Morgan fingerprint density at radius 2 is 1.82 bits per heavy atom. The molecule has 0 aliphatic carbocycles. The SMILES string of the molecule is CCOC(=O)C1(C(=O)OCC)CC[C@@H](O)CS1. The molecule has 1 heterocycles. The fourth-order valence-corrected chi connectivity index (χ4v) is 2.92. The van der Waals surface area contributed by atoms with Gasteiger partial charge in [-0.05, 0) is 26.7 Å². The third-order valence-corrected chi connectivity index (χ3v) is 4.14. The van der Waals surface area contributed by atoms with Crippen LogP contribution in [0, 0.1) is 0 Å². The molecular weight excluding hydrogens is 244 g/mol. The Kier molecular flexibility index (Phi) is 5.27. The van der Waals surface area contributed by atoms with Crippen LogP contribution in [0.2, 0.25) is 0 Å². The fraction of sp³-hybridized carbons (Fsp3) is 0.818. The molecule has 98 valence electrons. The second kappa shape index (κ2) is 6.26. The molecule has 0 aromatic rings. The lowest BCUT2D eigenvalue weighted by atomic mass is 9.99. The number of carbonyl (C=O) groups excluding carboxylic acids is 2. The molecule has 1 saturated heterocycles. The summed E-state index contributed by atoms with van der Waals surface area (Å²) in [6.45, 7) is 3.84. The molecule has 0 aromatic carbocycles. The minimum Gasteiger partial charge on any atom is -0.465 e. The minimum absolute atomic E-state index is 0.225. The van der Waals surface area contributed by atoms with E-state index in [9.17, 15) is 14.7 Å². The van der Waals surface area contributed by atoms with Crippen molar-refractivity contribution in [3.8, 4) is 0 Å². The molecule has 1 fully saturated rings. The molecule has 0 spiro atoms. The van der Waals surface area contributed by atoms with Crippen molar-refractivity contribution in [2.24, 2.45) is 0 Å². The van der Waals surface area contributed by atoms with Gasteiger partial charge in [0.2, 0.25) is 4.75 Å². The first-order valence-electron chi connectivity index (χ1n) is 5.73. The van der Waals surface area contributed by atoms with Crippen molar-refractivity contribution < 1.29 is 24.2 Å². The number of hydrogen-bond donors (Lipinski definition) is 1. The fourth-order valence-electron chi connectivity index (χ4n) is 1.66. The lowest BCUT2D eigenvalue weighted by molar-refractivity contribution is -0.159. The molecule has 0 saturated carbocycles. The third kappa shape index (κ3) is 3.13. The number of carbonyl (C=O) groups is 2. The van der Waals surface area contributed by atoms with E-state index in [4.69, 9.17) is 9.47 Å². The molecule has 0 aromatic heterocycles. The van der Waals surface area contributed by atoms with Crippen molar-refractivity contribution in [3.63, 3.8) is 0 Å². The Morgan fingerprint density at radius 1 is 1.29 bits per heavy atom. The predicted molar refractivity (Wildman–Crippen MR) is 63.7 cm³/mol. The van der Waals surface area contributed by atoms with Gasteiger partial charge in [0.05, 0.1) is 19.3 Å². The first-order valence-corrected chi connectivity index (χ1v) is 6.71. The lowest BCUT2D eigenvalue weighted by Crippen LogP contribution is -2.49. The van der Waals surface area contributed by atoms with Gasteiger partial charge < -0.3 is 14.6 Å². The average molecular weight is 262 g/mol. The standard InChI is InChI=1S/C11H18O5S/c1-3-15-9(13)11(10(14)16-4-2)6-5-8(12)7-17-11/h8,12H,3-7H2,1-2H3/t8-/m1/s1. The van der Waals surface area contributed by atoms with E-state index in [2.05, 4.69) is 0 Å². The highest BCUT2D eigenvalue weighted by atomic mass is 32.2. The first kappa shape index (κ1) is 14.3. The van der Waals surface area contributed by atoms with Crippen LogP contribution in [0.1, 0.15) is 26.7 Å². The Balaban J connectivity index is 2.84. The van der Waals surface area contributed by atoms with Crippen molar-refractivity contribution in [1.82, 2.24) is 0 Å². The molecule has 5 nitrogen and oxygen atoms in total. The van der Waals surface area contributed by atoms with Crippen molar-refractivity contribution in [1.29, 1.82) is 0 Å². The number of hydrogen-bond acceptors (Lipinski definition) is 6. The Morgan fingerprint density at radius 3 is 2.18 bits per heavy atom. The summed E-state index contributed by atoms with van der Waals surface area (Å²) in [5.74, 6) is -0.775. The van der Waals surface area contributed by atoms with E-state index in [1.807, 2.05) is 0 Å². The predicted octanol–water partition coefficient (Wildman–Crippen LogP) is 0.739. The van der Waals surface area contributed by atoms with Crippen LogP contribution in [0.25, 0.3) is 0 Å². The summed E-state index contributed by atoms with van der Waals surface area (Å²) in [5, 5.41) is 9.44. The third-order valence-electron chi connectivity index (χ3n) is 2.56. The van der Waals surface area contributed by atoms with E-state index in [0.717, 1.165) is 11.8 Å². The summed E-state index contributed by atoms with van der Waals surface area (Å²) in [6, 6.07) is 0. The molecule has 1 N–H and O–H groups in total. The number of thioether (sulfide) groups is 1. The second-order valence-corrected chi connectivity index (χ2v) is 5.09. The van der Waals surface area contributed by atoms with Crippen LogP contribution in [-0.2, 0) is 19.1 Å². The monoisotopic (exact) mass is 262 g/mol. The maximum absolute atomic E-state index is 11.9. The number of ether oxygens (including phenoxy) is 2. The van der Waals surface area contributed by atoms with Crippen molar-refractivity contribution >= 4 is 23.7 Å². The highest BCUT2D eigenvalue weighted by Crippen LogP contribution is 2.39. The summed E-state index contributed by atoms with van der Waals surface area (Å²) in [6.07, 6.45) is 0.193. The van der Waals surface area contributed by atoms with Gasteiger partial charge in [0.25, 0.3) is 0 Å². The maximum atomic E-state index is 11.9. The van der Waals surface area contributed by atoms with Crippen molar-refractivity contribution in [3.05, 3.63) is 0 Å². The van der Waals surface area contributed by atoms with Crippen molar-refractivity contribution in [2.75, 3.05) is 19.0 Å². The van der Waals surface area contributed by atoms with Crippen LogP contribution < -0.4 is 0 Å². The molecule has 6 heteroatoms. The highest BCUT2D eigenvalue weighted by molar-refractivity contribution is 8.02. The van der Waals surface area contributed by atoms with Crippen LogP contribution in [0.4, 0.5) is 0 Å². The summed E-state index contributed by atoms with van der Waals surface area (Å²) in [7, 11) is 0. The number of rotatable bonds is 4. The van der Waals surface area contributed by atoms with E-state index >= 15 is 0 Å². The van der Waals surface area contributed by atoms with Gasteiger partial charge in [-0.1, -0.05) is 0 Å². The normalized spacial score (nSPS) is 22.9. The van der Waals surface area contributed by atoms with E-state index in [0.29, 0.717) is 12.2 Å². The smallest absolute Gasteiger partial charge is 0.333 e. The van der Waals surface area contributed by atoms with Gasteiger partial charge in [-0.2, -0.15) is 0 Å². The van der Waals surface area contributed by atoms with Gasteiger partial charge in [-0.15, -0.1) is 11.8 Å². The van der Waals surface area contributed by atoms with Crippen molar-refractivity contribution in [2.45, 2.75) is 37.5 Å². The van der Waals surface area contributed by atoms with Gasteiger partial charge >= 0.3 is 11.9 Å². The number of aliphatic hydroxyl groups is 1. The number of esters is 2. The van der Waals surface area contributed by atoms with Crippen LogP contribution in [-0.4, -0.2) is 46.9 Å². The molecule has 0 radical (unpaired) electrons. The summed E-state index contributed by atoms with van der Waals surface area (Å²) >= 11 is 1.12. The summed E-state index contributed by atoms with van der Waals surface area (Å²) in [5.41, 5.74) is 0. The molecule has 17 heavy (non-hydrogen) atoms. The topological polar surface area (TPSA) is 72.8 Å². The molecule has 0 unspecified atom stereocenters. The first-order chi connectivity index (χ1) is 8.06. The van der Waals surface area contributed by atoms with E-state index in [1.165, 1.54) is 0 Å². The van der Waals surface area contributed by atoms with Crippen LogP contribution in [0.3, 0.4) is 0 Å². The van der Waals surface area contributed by atoms with E-state index < -0.39 is 22.8 Å². The van der Waals surface area contributed by atoms with Crippen LogP contribution in [0.5, 0.6) is 0 Å². The zero-order chi connectivity index (χ0) is 12.9. The summed E-state index contributed by atoms with van der Waals surface area (Å²) < 4.78 is 8.60.